The van der Waals surface area contributed by atoms with Crippen LogP contribution in [-0.2, 0) is 15.0 Å². The fraction of sp³-hybridized carbons (Fsp3) is 0.417. The molecule has 1 aromatic carbocycles. The van der Waals surface area contributed by atoms with Crippen LogP contribution in [0.25, 0.3) is 0 Å². The summed E-state index contributed by atoms with van der Waals surface area (Å²) in [6.07, 6.45) is 0.00758. The average Bonchev–Trinajstić information content (AvgIpc) is 2.67. The largest absolute Gasteiger partial charge is 0.495 e. The van der Waals surface area contributed by atoms with E-state index in [4.69, 9.17) is 4.74 Å². The van der Waals surface area contributed by atoms with Crippen molar-refractivity contribution in [2.75, 3.05) is 24.3 Å². The molecule has 1 heterocycles. The molecule has 110 valence electrons. The molecule has 1 aliphatic rings. The van der Waals surface area contributed by atoms with Gasteiger partial charge in [-0.2, -0.15) is 8.42 Å². The van der Waals surface area contributed by atoms with Gasteiger partial charge in [0, 0.05) is 23.4 Å². The summed E-state index contributed by atoms with van der Waals surface area (Å²) in [5, 5.41) is 0. The van der Waals surface area contributed by atoms with E-state index in [1.165, 1.54) is 12.0 Å². The second kappa shape index (κ2) is 5.69. The number of rotatable bonds is 4. The molecule has 0 radical (unpaired) electrons. The number of carbonyl (C=O) groups excluding carboxylic acids is 1. The highest BCUT2D eigenvalue weighted by atomic mass is 79.9. The van der Waals surface area contributed by atoms with E-state index in [1.54, 1.807) is 18.2 Å². The molecular formula is C12H13BrFNO4S. The van der Waals surface area contributed by atoms with Gasteiger partial charge in [0.1, 0.15) is 11.4 Å². The van der Waals surface area contributed by atoms with Crippen molar-refractivity contribution < 1.29 is 21.8 Å². The van der Waals surface area contributed by atoms with Gasteiger partial charge in [-0.1, -0.05) is 6.07 Å². The summed E-state index contributed by atoms with van der Waals surface area (Å²) in [6.45, 7) is 0.154. The van der Waals surface area contributed by atoms with Crippen LogP contribution in [-0.4, -0.2) is 33.7 Å². The number of nitrogens with zero attached hydrogens (tertiary/aromatic N) is 1. The number of anilines is 1. The molecule has 2 rings (SSSR count). The highest BCUT2D eigenvalue weighted by molar-refractivity contribution is 9.10. The Balaban J connectivity index is 2.29. The van der Waals surface area contributed by atoms with Gasteiger partial charge in [0.25, 0.3) is 0 Å². The Morgan fingerprint density at radius 3 is 2.80 bits per heavy atom. The van der Waals surface area contributed by atoms with Crippen LogP contribution in [0.2, 0.25) is 0 Å². The van der Waals surface area contributed by atoms with Crippen LogP contribution in [0, 0.1) is 5.92 Å². The Hall–Kier alpha value is -1.15. The van der Waals surface area contributed by atoms with Gasteiger partial charge in [-0.25, -0.2) is 0 Å². The Morgan fingerprint density at radius 2 is 2.20 bits per heavy atom. The van der Waals surface area contributed by atoms with Gasteiger partial charge in [0.2, 0.25) is 5.91 Å². The molecule has 0 N–H and O–H groups in total. The quantitative estimate of drug-likeness (QED) is 0.766. The van der Waals surface area contributed by atoms with E-state index in [9.17, 15) is 17.1 Å². The van der Waals surface area contributed by atoms with Crippen LogP contribution >= 0.6 is 15.9 Å². The predicted octanol–water partition coefficient (Wildman–Crippen LogP) is 2.11. The third-order valence-electron chi connectivity index (χ3n) is 3.08. The van der Waals surface area contributed by atoms with Crippen molar-refractivity contribution >= 4 is 37.7 Å². The minimum absolute atomic E-state index is 0.00758. The standard InChI is InChI=1S/C12H13BrFNO4S/c1-19-10-4-2-3-9(13)12(10)15-6-8(5-11(15)16)7-20(14,17)18/h2-4,8H,5-7H2,1H3. The molecule has 20 heavy (non-hydrogen) atoms. The number of para-hydroxylation sites is 1. The van der Waals surface area contributed by atoms with Gasteiger partial charge >= 0.3 is 10.2 Å². The van der Waals surface area contributed by atoms with Crippen LogP contribution in [0.15, 0.2) is 22.7 Å². The summed E-state index contributed by atoms with van der Waals surface area (Å²) in [5.74, 6) is -0.934. The van der Waals surface area contributed by atoms with Crippen molar-refractivity contribution in [2.45, 2.75) is 6.42 Å². The van der Waals surface area contributed by atoms with Crippen molar-refractivity contribution in [3.05, 3.63) is 22.7 Å². The number of carbonyl (C=O) groups is 1. The third kappa shape index (κ3) is 3.29. The lowest BCUT2D eigenvalue weighted by Gasteiger charge is -2.21. The van der Waals surface area contributed by atoms with E-state index < -0.39 is 21.9 Å². The highest BCUT2D eigenvalue weighted by Gasteiger charge is 2.35. The van der Waals surface area contributed by atoms with Gasteiger partial charge in [0.15, 0.2) is 0 Å². The van der Waals surface area contributed by atoms with Crippen LogP contribution < -0.4 is 9.64 Å². The van der Waals surface area contributed by atoms with E-state index in [1.807, 2.05) is 0 Å². The van der Waals surface area contributed by atoms with Crippen molar-refractivity contribution in [3.63, 3.8) is 0 Å². The summed E-state index contributed by atoms with van der Waals surface area (Å²) >= 11 is 3.34. The zero-order valence-corrected chi connectivity index (χ0v) is 13.1. The van der Waals surface area contributed by atoms with Crippen molar-refractivity contribution in [2.24, 2.45) is 5.92 Å². The number of ether oxygens (including phenoxy) is 1. The second-order valence-electron chi connectivity index (χ2n) is 4.57. The molecule has 5 nitrogen and oxygen atoms in total. The molecule has 1 fully saturated rings. The summed E-state index contributed by atoms with van der Waals surface area (Å²) in [7, 11) is -3.10. The summed E-state index contributed by atoms with van der Waals surface area (Å²) in [5.41, 5.74) is 0.541. The van der Waals surface area contributed by atoms with Crippen LogP contribution in [0.5, 0.6) is 5.75 Å². The molecule has 0 aromatic heterocycles. The molecule has 1 atom stereocenters. The Bertz CT molecular complexity index is 634. The van der Waals surface area contributed by atoms with Gasteiger partial charge < -0.3 is 9.64 Å². The maximum atomic E-state index is 12.7. The topological polar surface area (TPSA) is 63.7 Å². The zero-order valence-electron chi connectivity index (χ0n) is 10.7. The summed E-state index contributed by atoms with van der Waals surface area (Å²) < 4.78 is 40.0. The maximum Gasteiger partial charge on any atom is 0.302 e. The van der Waals surface area contributed by atoms with E-state index in [2.05, 4.69) is 15.9 Å². The normalized spacial score (nSPS) is 19.4. The first-order chi connectivity index (χ1) is 9.31. The fourth-order valence-electron chi connectivity index (χ4n) is 2.31. The molecule has 0 bridgehead atoms. The summed E-state index contributed by atoms with van der Waals surface area (Å²) in [6, 6.07) is 5.22. The van der Waals surface area contributed by atoms with Crippen molar-refractivity contribution in [1.82, 2.24) is 0 Å². The maximum absolute atomic E-state index is 12.7. The van der Waals surface area contributed by atoms with Crippen molar-refractivity contribution in [3.8, 4) is 5.75 Å². The lowest BCUT2D eigenvalue weighted by Crippen LogP contribution is -2.26. The first-order valence-electron chi connectivity index (χ1n) is 5.87. The van der Waals surface area contributed by atoms with E-state index in [0.717, 1.165) is 0 Å². The van der Waals surface area contributed by atoms with E-state index in [0.29, 0.717) is 15.9 Å². The molecular weight excluding hydrogens is 353 g/mol. The Kier molecular flexibility index (Phi) is 4.33. The average molecular weight is 366 g/mol. The molecule has 0 spiro atoms. The SMILES string of the molecule is COc1cccc(Br)c1N1CC(CS(=O)(=O)F)CC1=O. The smallest absolute Gasteiger partial charge is 0.302 e. The Labute approximate surface area is 125 Å². The number of benzene rings is 1. The minimum atomic E-state index is -4.58. The first kappa shape index (κ1) is 15.2. The van der Waals surface area contributed by atoms with E-state index >= 15 is 0 Å². The fourth-order valence-corrected chi connectivity index (χ4v) is 3.66. The highest BCUT2D eigenvalue weighted by Crippen LogP contribution is 2.39. The second-order valence-corrected chi connectivity index (χ2v) is 6.84. The lowest BCUT2D eigenvalue weighted by atomic mass is 10.1. The van der Waals surface area contributed by atoms with Gasteiger partial charge in [-0.15, -0.1) is 3.89 Å². The monoisotopic (exact) mass is 365 g/mol. The van der Waals surface area contributed by atoms with Crippen LogP contribution in [0.4, 0.5) is 9.57 Å². The molecule has 0 saturated carbocycles. The molecule has 8 heteroatoms. The predicted molar refractivity (Wildman–Crippen MR) is 76.0 cm³/mol. The number of methoxy groups -OCH3 is 1. The summed E-state index contributed by atoms with van der Waals surface area (Å²) in [4.78, 5) is 13.5. The first-order valence-corrected chi connectivity index (χ1v) is 8.21. The van der Waals surface area contributed by atoms with Crippen LogP contribution in [0.1, 0.15) is 6.42 Å². The lowest BCUT2D eigenvalue weighted by molar-refractivity contribution is -0.117. The van der Waals surface area contributed by atoms with Gasteiger partial charge in [-0.3, -0.25) is 4.79 Å². The Morgan fingerprint density at radius 1 is 1.50 bits per heavy atom. The minimum Gasteiger partial charge on any atom is -0.495 e. The number of halogens is 2. The molecule has 1 saturated heterocycles. The molecule has 1 unspecified atom stereocenters. The zero-order chi connectivity index (χ0) is 14.9. The molecule has 0 aliphatic carbocycles. The number of amides is 1. The van der Waals surface area contributed by atoms with Gasteiger partial charge in [-0.05, 0) is 28.1 Å². The van der Waals surface area contributed by atoms with Crippen LogP contribution in [0.3, 0.4) is 0 Å². The molecule has 1 amide bonds. The van der Waals surface area contributed by atoms with Crippen molar-refractivity contribution in [1.29, 1.82) is 0 Å². The molecule has 1 aromatic rings. The third-order valence-corrected chi connectivity index (χ3v) is 4.59. The number of hydrogen-bond donors (Lipinski definition) is 0. The number of hydrogen-bond acceptors (Lipinski definition) is 4. The van der Waals surface area contributed by atoms with Gasteiger partial charge in [0.05, 0.1) is 12.9 Å². The molecule has 1 aliphatic heterocycles. The van der Waals surface area contributed by atoms with E-state index in [-0.39, 0.29) is 18.9 Å².